The molecule has 0 aromatic heterocycles. The summed E-state index contributed by atoms with van der Waals surface area (Å²) in [4.78, 5) is 35.9. The van der Waals surface area contributed by atoms with Gasteiger partial charge in [0.2, 0.25) is 0 Å². The Morgan fingerprint density at radius 1 is 1.30 bits per heavy atom. The molecule has 7 nitrogen and oxygen atoms in total. The highest BCUT2D eigenvalue weighted by Gasteiger charge is 2.29. The maximum Gasteiger partial charge on any atom is 0.312 e. The lowest BCUT2D eigenvalue weighted by molar-refractivity contribution is -0.138. The van der Waals surface area contributed by atoms with Gasteiger partial charge in [-0.25, -0.2) is 4.79 Å². The number of thioether (sulfide) groups is 1. The van der Waals surface area contributed by atoms with Crippen molar-refractivity contribution < 1.29 is 19.5 Å². The Balaban J connectivity index is 2.05. The first-order valence-electron chi connectivity index (χ1n) is 7.20. The molecule has 1 aromatic rings. The van der Waals surface area contributed by atoms with E-state index in [1.54, 1.807) is 40.9 Å². The van der Waals surface area contributed by atoms with Crippen molar-refractivity contribution in [3.63, 3.8) is 0 Å². The second-order valence-electron chi connectivity index (χ2n) is 5.24. The Morgan fingerprint density at radius 3 is 2.61 bits per heavy atom. The SMILES string of the molecule is NC(=O)NCc1ccc(C(=O)N2CCSCC2CC(=O)O)cc1. The highest BCUT2D eigenvalue weighted by molar-refractivity contribution is 7.99. The third-order valence-corrected chi connectivity index (χ3v) is 4.66. The summed E-state index contributed by atoms with van der Waals surface area (Å²) in [5.74, 6) is 0.385. The van der Waals surface area contributed by atoms with Gasteiger partial charge in [-0.1, -0.05) is 12.1 Å². The van der Waals surface area contributed by atoms with E-state index in [0.29, 0.717) is 24.4 Å². The van der Waals surface area contributed by atoms with E-state index in [0.717, 1.165) is 11.3 Å². The van der Waals surface area contributed by atoms with E-state index in [2.05, 4.69) is 5.32 Å². The van der Waals surface area contributed by atoms with Gasteiger partial charge in [-0.2, -0.15) is 11.8 Å². The minimum atomic E-state index is -0.900. The van der Waals surface area contributed by atoms with Gasteiger partial charge in [0.25, 0.3) is 5.91 Å². The molecule has 1 saturated heterocycles. The summed E-state index contributed by atoms with van der Waals surface area (Å²) in [6, 6.07) is 5.96. The molecular formula is C15H19N3O4S. The fraction of sp³-hybridized carbons (Fsp3) is 0.400. The van der Waals surface area contributed by atoms with Crippen molar-refractivity contribution in [3.8, 4) is 0 Å². The molecule has 1 aliphatic heterocycles. The number of nitrogens with zero attached hydrogens (tertiary/aromatic N) is 1. The van der Waals surface area contributed by atoms with E-state index >= 15 is 0 Å². The number of carbonyl (C=O) groups excluding carboxylic acids is 2. The molecule has 1 aromatic carbocycles. The van der Waals surface area contributed by atoms with Gasteiger partial charge in [-0.15, -0.1) is 0 Å². The van der Waals surface area contributed by atoms with Gasteiger partial charge in [0.1, 0.15) is 0 Å². The highest BCUT2D eigenvalue weighted by Crippen LogP contribution is 2.21. The molecule has 124 valence electrons. The van der Waals surface area contributed by atoms with Crippen molar-refractivity contribution in [2.75, 3.05) is 18.1 Å². The van der Waals surface area contributed by atoms with E-state index < -0.39 is 12.0 Å². The smallest absolute Gasteiger partial charge is 0.312 e. The van der Waals surface area contributed by atoms with Crippen molar-refractivity contribution in [2.45, 2.75) is 19.0 Å². The molecule has 0 bridgehead atoms. The number of aliphatic carboxylic acids is 1. The number of nitrogens with one attached hydrogen (secondary N) is 1. The molecule has 0 aliphatic carbocycles. The van der Waals surface area contributed by atoms with Crippen LogP contribution >= 0.6 is 11.8 Å². The predicted molar refractivity (Wildman–Crippen MR) is 87.3 cm³/mol. The van der Waals surface area contributed by atoms with Crippen molar-refractivity contribution >= 4 is 29.7 Å². The van der Waals surface area contributed by atoms with Crippen LogP contribution in [0.4, 0.5) is 4.79 Å². The number of carbonyl (C=O) groups is 3. The van der Waals surface area contributed by atoms with Crippen LogP contribution in [0, 0.1) is 0 Å². The van der Waals surface area contributed by atoms with Crippen LogP contribution < -0.4 is 11.1 Å². The summed E-state index contributed by atoms with van der Waals surface area (Å²) >= 11 is 1.66. The summed E-state index contributed by atoms with van der Waals surface area (Å²) in [5.41, 5.74) is 6.35. The second-order valence-corrected chi connectivity index (χ2v) is 6.39. The number of urea groups is 1. The zero-order valence-electron chi connectivity index (χ0n) is 12.5. The van der Waals surface area contributed by atoms with E-state index in [4.69, 9.17) is 10.8 Å². The first-order chi connectivity index (χ1) is 11.0. The van der Waals surface area contributed by atoms with Crippen LogP contribution in [-0.2, 0) is 11.3 Å². The average molecular weight is 337 g/mol. The molecule has 1 fully saturated rings. The number of amides is 3. The fourth-order valence-electron chi connectivity index (χ4n) is 2.41. The summed E-state index contributed by atoms with van der Waals surface area (Å²) in [7, 11) is 0. The van der Waals surface area contributed by atoms with E-state index in [1.807, 2.05) is 0 Å². The summed E-state index contributed by atoms with van der Waals surface area (Å²) < 4.78 is 0. The van der Waals surface area contributed by atoms with Crippen molar-refractivity contribution in [1.29, 1.82) is 0 Å². The maximum absolute atomic E-state index is 12.6. The Morgan fingerprint density at radius 2 is 2.00 bits per heavy atom. The summed E-state index contributed by atoms with van der Waals surface area (Å²) in [6.07, 6.45) is -0.0423. The first kappa shape index (κ1) is 17.1. The van der Waals surface area contributed by atoms with Crippen LogP contribution in [0.15, 0.2) is 24.3 Å². The maximum atomic E-state index is 12.6. The number of carboxylic acid groups (broad SMARTS) is 1. The van der Waals surface area contributed by atoms with Gasteiger partial charge in [-0.05, 0) is 17.7 Å². The zero-order valence-corrected chi connectivity index (χ0v) is 13.3. The number of nitrogens with two attached hydrogens (primary N) is 1. The van der Waals surface area contributed by atoms with Gasteiger partial charge in [0, 0.05) is 30.2 Å². The minimum absolute atomic E-state index is 0.0423. The van der Waals surface area contributed by atoms with Crippen LogP contribution in [0.3, 0.4) is 0 Å². The van der Waals surface area contributed by atoms with Crippen LogP contribution in [0.25, 0.3) is 0 Å². The summed E-state index contributed by atoms with van der Waals surface area (Å²) in [5, 5.41) is 11.5. The predicted octanol–water partition coefficient (Wildman–Crippen LogP) is 0.887. The number of hydrogen-bond donors (Lipinski definition) is 3. The lowest BCUT2D eigenvalue weighted by Gasteiger charge is -2.34. The minimum Gasteiger partial charge on any atom is -0.481 e. The first-order valence-corrected chi connectivity index (χ1v) is 8.35. The number of hydrogen-bond acceptors (Lipinski definition) is 4. The lowest BCUT2D eigenvalue weighted by atomic mass is 10.1. The average Bonchev–Trinajstić information content (AvgIpc) is 2.53. The molecule has 1 heterocycles. The molecule has 2 rings (SSSR count). The van der Waals surface area contributed by atoms with Crippen LogP contribution in [-0.4, -0.2) is 52.0 Å². The highest BCUT2D eigenvalue weighted by atomic mass is 32.2. The molecule has 0 spiro atoms. The van der Waals surface area contributed by atoms with Crippen molar-refractivity contribution in [2.24, 2.45) is 5.73 Å². The molecule has 8 heteroatoms. The third-order valence-electron chi connectivity index (χ3n) is 3.57. The van der Waals surface area contributed by atoms with Gasteiger partial charge >= 0.3 is 12.0 Å². The molecule has 1 unspecified atom stereocenters. The Kier molecular flexibility index (Phi) is 5.86. The Hall–Kier alpha value is -2.22. The monoisotopic (exact) mass is 337 g/mol. The molecule has 1 aliphatic rings. The second kappa shape index (κ2) is 7.87. The topological polar surface area (TPSA) is 113 Å². The lowest BCUT2D eigenvalue weighted by Crippen LogP contribution is -2.47. The van der Waals surface area contributed by atoms with Crippen LogP contribution in [0.5, 0.6) is 0 Å². The normalized spacial score (nSPS) is 17.6. The molecule has 4 N–H and O–H groups in total. The zero-order chi connectivity index (χ0) is 16.8. The van der Waals surface area contributed by atoms with Crippen LogP contribution in [0.2, 0.25) is 0 Å². The Bertz CT molecular complexity index is 591. The standard InChI is InChI=1S/C15H19N3O4S/c16-15(22)17-8-10-1-3-11(4-2-10)14(21)18-5-6-23-9-12(18)7-13(19)20/h1-4,12H,5-9H2,(H,19,20)(H3,16,17,22). The largest absolute Gasteiger partial charge is 0.481 e. The number of carboxylic acids is 1. The quantitative estimate of drug-likeness (QED) is 0.738. The molecule has 0 saturated carbocycles. The molecular weight excluding hydrogens is 318 g/mol. The third kappa shape index (κ3) is 4.88. The summed E-state index contributed by atoms with van der Waals surface area (Å²) in [6.45, 7) is 0.845. The van der Waals surface area contributed by atoms with Crippen molar-refractivity contribution in [3.05, 3.63) is 35.4 Å². The molecule has 1 atom stereocenters. The number of primary amides is 1. The Labute approximate surface area is 138 Å². The molecule has 23 heavy (non-hydrogen) atoms. The number of rotatable bonds is 5. The van der Waals surface area contributed by atoms with E-state index in [1.165, 1.54) is 0 Å². The van der Waals surface area contributed by atoms with E-state index in [9.17, 15) is 14.4 Å². The van der Waals surface area contributed by atoms with Gasteiger partial charge < -0.3 is 21.1 Å². The number of benzene rings is 1. The van der Waals surface area contributed by atoms with Crippen molar-refractivity contribution in [1.82, 2.24) is 10.2 Å². The van der Waals surface area contributed by atoms with Gasteiger partial charge in [-0.3, -0.25) is 9.59 Å². The van der Waals surface area contributed by atoms with Crippen LogP contribution in [0.1, 0.15) is 22.3 Å². The fourth-order valence-corrected chi connectivity index (χ4v) is 3.48. The van der Waals surface area contributed by atoms with E-state index in [-0.39, 0.29) is 18.4 Å². The van der Waals surface area contributed by atoms with Gasteiger partial charge in [0.05, 0.1) is 12.5 Å². The molecule has 0 radical (unpaired) electrons. The molecule has 3 amide bonds. The van der Waals surface area contributed by atoms with Gasteiger partial charge in [0.15, 0.2) is 0 Å².